The van der Waals surface area contributed by atoms with Crippen LogP contribution in [0.25, 0.3) is 0 Å². The Morgan fingerprint density at radius 2 is 1.94 bits per heavy atom. The number of benzene rings is 1. The van der Waals surface area contributed by atoms with Crippen LogP contribution in [0.2, 0.25) is 0 Å². The normalized spacial score (nSPS) is 14.6. The highest BCUT2D eigenvalue weighted by molar-refractivity contribution is 7.69. The van der Waals surface area contributed by atoms with Gasteiger partial charge in [-0.25, -0.2) is 0 Å². The largest absolute Gasteiger partial charge is 0.773 e. The molecule has 1 unspecified atom stereocenters. The summed E-state index contributed by atoms with van der Waals surface area (Å²) in [5.41, 5.74) is -0.107. The van der Waals surface area contributed by atoms with E-state index in [4.69, 9.17) is 4.52 Å². The second-order valence-electron chi connectivity index (χ2n) is 4.25. The van der Waals surface area contributed by atoms with Crippen molar-refractivity contribution in [1.29, 1.82) is 0 Å². The zero-order chi connectivity index (χ0) is 12.9. The summed E-state index contributed by atoms with van der Waals surface area (Å²) in [5.74, 6) is 0.00472. The van der Waals surface area contributed by atoms with E-state index in [9.17, 15) is 14.3 Å². The van der Waals surface area contributed by atoms with Gasteiger partial charge in [-0.1, -0.05) is 44.2 Å². The lowest BCUT2D eigenvalue weighted by Crippen LogP contribution is -2.15. The van der Waals surface area contributed by atoms with Crippen molar-refractivity contribution in [3.8, 4) is 0 Å². The van der Waals surface area contributed by atoms with E-state index in [1.54, 1.807) is 38.1 Å². The quantitative estimate of drug-likeness (QED) is 0.732. The van der Waals surface area contributed by atoms with E-state index >= 15 is 0 Å². The van der Waals surface area contributed by atoms with Crippen molar-refractivity contribution in [3.05, 3.63) is 35.9 Å². The van der Waals surface area contributed by atoms with Crippen LogP contribution in [0.5, 0.6) is 0 Å². The third-order valence-electron chi connectivity index (χ3n) is 2.13. The van der Waals surface area contributed by atoms with Gasteiger partial charge in [0.1, 0.15) is 0 Å². The van der Waals surface area contributed by atoms with Gasteiger partial charge in [0, 0.05) is 6.42 Å². The van der Waals surface area contributed by atoms with Gasteiger partial charge in [0.25, 0.3) is 0 Å². The first-order chi connectivity index (χ1) is 7.92. The number of carbonyl (C=O) groups is 1. The first-order valence-corrected chi connectivity index (χ1v) is 6.99. The molecule has 1 aromatic rings. The summed E-state index contributed by atoms with van der Waals surface area (Å²) >= 11 is 0. The van der Waals surface area contributed by atoms with Crippen LogP contribution in [-0.2, 0) is 20.5 Å². The summed E-state index contributed by atoms with van der Waals surface area (Å²) in [6, 6.07) is 8.87. The molecule has 0 bridgehead atoms. The summed E-state index contributed by atoms with van der Waals surface area (Å²) in [7, 11) is -4.39. The van der Waals surface area contributed by atoms with Crippen LogP contribution < -0.4 is 4.89 Å². The van der Waals surface area contributed by atoms with Crippen LogP contribution in [0.1, 0.15) is 25.8 Å². The third kappa shape index (κ3) is 4.82. The van der Waals surface area contributed by atoms with Gasteiger partial charge < -0.3 is 14.0 Å². The topological polar surface area (TPSA) is 66.4 Å². The maximum Gasteiger partial charge on any atom is 0.204 e. The minimum atomic E-state index is -4.39. The van der Waals surface area contributed by atoms with E-state index in [2.05, 4.69) is 0 Å². The summed E-state index contributed by atoms with van der Waals surface area (Å²) < 4.78 is 16.2. The van der Waals surface area contributed by atoms with Crippen molar-refractivity contribution < 1.29 is 18.8 Å². The highest BCUT2D eigenvalue weighted by Gasteiger charge is 2.20. The fraction of sp³-hybridized carbons (Fsp3) is 0.417. The van der Waals surface area contributed by atoms with Crippen LogP contribution in [-0.4, -0.2) is 5.52 Å². The van der Waals surface area contributed by atoms with Crippen LogP contribution in [0.4, 0.5) is 0 Å². The summed E-state index contributed by atoms with van der Waals surface area (Å²) in [6.45, 7) is 3.48. The van der Waals surface area contributed by atoms with Crippen LogP contribution in [0, 0.1) is 5.92 Å². The molecule has 0 heterocycles. The zero-order valence-corrected chi connectivity index (χ0v) is 10.9. The molecule has 5 heteroatoms. The minimum absolute atomic E-state index is 0.00440. The van der Waals surface area contributed by atoms with Gasteiger partial charge in [0.15, 0.2) is 0 Å². The monoisotopic (exact) mass is 255 g/mol. The molecule has 0 aliphatic rings. The summed E-state index contributed by atoms with van der Waals surface area (Å²) in [4.78, 5) is 22.9. The molecule has 94 valence electrons. The van der Waals surface area contributed by atoms with Gasteiger partial charge in [0.05, 0.1) is 6.61 Å². The molecule has 0 amide bonds. The number of rotatable bonds is 6. The molecule has 0 fully saturated rings. The Morgan fingerprint density at radius 1 is 1.35 bits per heavy atom. The predicted molar refractivity (Wildman–Crippen MR) is 63.3 cm³/mol. The van der Waals surface area contributed by atoms with Crippen molar-refractivity contribution in [1.82, 2.24) is 0 Å². The molecular weight excluding hydrogens is 239 g/mol. The molecule has 0 spiro atoms. The van der Waals surface area contributed by atoms with E-state index in [1.165, 1.54) is 0 Å². The summed E-state index contributed by atoms with van der Waals surface area (Å²) in [6.07, 6.45) is -0.00440. The van der Waals surface area contributed by atoms with Crippen molar-refractivity contribution >= 4 is 13.1 Å². The highest BCUT2D eigenvalue weighted by Crippen LogP contribution is 2.41. The molecule has 0 aliphatic carbocycles. The molecular formula is C12H16O4P-. The van der Waals surface area contributed by atoms with E-state index in [-0.39, 0.29) is 18.9 Å². The standard InChI is InChI=1S/C12H17O4P/c1-10(2)8-12(13)17(14,15)16-9-11-6-4-3-5-7-11/h3-7,10H,8-9H2,1-2H3,(H,14,15)/p-1. The van der Waals surface area contributed by atoms with Gasteiger partial charge >= 0.3 is 0 Å². The molecule has 0 saturated carbocycles. The first kappa shape index (κ1) is 14.1. The lowest BCUT2D eigenvalue weighted by atomic mass is 10.2. The predicted octanol–water partition coefficient (Wildman–Crippen LogP) is 2.33. The fourth-order valence-electron chi connectivity index (χ4n) is 1.27. The summed E-state index contributed by atoms with van der Waals surface area (Å²) in [5, 5.41) is 0. The fourth-order valence-corrected chi connectivity index (χ4v) is 2.32. The maximum atomic E-state index is 11.5. The van der Waals surface area contributed by atoms with Crippen molar-refractivity contribution in [3.63, 3.8) is 0 Å². The van der Waals surface area contributed by atoms with Crippen LogP contribution in [0.15, 0.2) is 30.3 Å². The van der Waals surface area contributed by atoms with Gasteiger partial charge in [-0.2, -0.15) is 0 Å². The molecule has 1 aromatic carbocycles. The third-order valence-corrected chi connectivity index (χ3v) is 3.39. The van der Waals surface area contributed by atoms with Gasteiger partial charge in [-0.3, -0.25) is 4.79 Å². The zero-order valence-electron chi connectivity index (χ0n) is 9.96. The van der Waals surface area contributed by atoms with E-state index in [0.717, 1.165) is 5.56 Å². The Morgan fingerprint density at radius 3 is 2.47 bits per heavy atom. The Hall–Kier alpha value is -0.960. The van der Waals surface area contributed by atoms with Crippen molar-refractivity contribution in [2.75, 3.05) is 0 Å². The SMILES string of the molecule is CC(C)CC(=O)P(=O)([O-])OCc1ccccc1. The first-order valence-electron chi connectivity index (χ1n) is 5.44. The molecule has 0 radical (unpaired) electrons. The molecule has 0 aromatic heterocycles. The van der Waals surface area contributed by atoms with Gasteiger partial charge in [-0.15, -0.1) is 0 Å². The van der Waals surface area contributed by atoms with Crippen molar-refractivity contribution in [2.45, 2.75) is 26.9 Å². The van der Waals surface area contributed by atoms with Gasteiger partial charge in [0.2, 0.25) is 13.1 Å². The number of hydrogen-bond acceptors (Lipinski definition) is 4. The molecule has 1 rings (SSSR count). The molecule has 1 atom stereocenters. The van der Waals surface area contributed by atoms with Crippen LogP contribution in [0.3, 0.4) is 0 Å². The highest BCUT2D eigenvalue weighted by atomic mass is 31.2. The molecule has 0 saturated heterocycles. The van der Waals surface area contributed by atoms with Gasteiger partial charge in [-0.05, 0) is 11.5 Å². The average Bonchev–Trinajstić information content (AvgIpc) is 2.27. The average molecular weight is 255 g/mol. The second kappa shape index (κ2) is 6.10. The Bertz CT molecular complexity index is 414. The maximum absolute atomic E-state index is 11.5. The molecule has 17 heavy (non-hydrogen) atoms. The smallest absolute Gasteiger partial charge is 0.204 e. The van der Waals surface area contributed by atoms with Crippen molar-refractivity contribution in [2.24, 2.45) is 5.92 Å². The molecule has 4 nitrogen and oxygen atoms in total. The molecule has 0 aliphatic heterocycles. The van der Waals surface area contributed by atoms with E-state index < -0.39 is 13.1 Å². The lowest BCUT2D eigenvalue weighted by Gasteiger charge is -2.22. The number of hydrogen-bond donors (Lipinski definition) is 0. The second-order valence-corrected chi connectivity index (χ2v) is 6.00. The Labute approximate surface area is 101 Å². The molecule has 0 N–H and O–H groups in total. The Balaban J connectivity index is 2.55. The van der Waals surface area contributed by atoms with E-state index in [1.807, 2.05) is 6.07 Å². The lowest BCUT2D eigenvalue weighted by molar-refractivity contribution is -0.201. The van der Waals surface area contributed by atoms with E-state index in [0.29, 0.717) is 0 Å². The van der Waals surface area contributed by atoms with Crippen LogP contribution >= 0.6 is 7.60 Å². The Kier molecular flexibility index (Phi) is 5.06. The number of carbonyl (C=O) groups excluding carboxylic acids is 1. The minimum Gasteiger partial charge on any atom is -0.773 e.